The number of carbonyl (C=O) groups is 2. The number of anilines is 1. The lowest BCUT2D eigenvalue weighted by molar-refractivity contribution is -0.153. The number of benzene rings is 1. The van der Waals surface area contributed by atoms with Crippen molar-refractivity contribution in [3.05, 3.63) is 18.2 Å². The van der Waals surface area contributed by atoms with Crippen LogP contribution in [0.15, 0.2) is 18.2 Å². The second-order valence-electron chi connectivity index (χ2n) is 6.38. The molecule has 1 fully saturated rings. The summed E-state index contributed by atoms with van der Waals surface area (Å²) in [5, 5.41) is 2.72. The van der Waals surface area contributed by atoms with Crippen molar-refractivity contribution in [3.8, 4) is 11.5 Å². The zero-order valence-electron chi connectivity index (χ0n) is 13.9. The van der Waals surface area contributed by atoms with Crippen LogP contribution in [0, 0.1) is 5.92 Å². The van der Waals surface area contributed by atoms with Crippen LogP contribution in [0.2, 0.25) is 0 Å². The topological polar surface area (TPSA) is 73.9 Å². The summed E-state index contributed by atoms with van der Waals surface area (Å²) in [4.78, 5) is 24.0. The Bertz CT molecular complexity index is 609. The van der Waals surface area contributed by atoms with Crippen LogP contribution in [0.25, 0.3) is 0 Å². The maximum absolute atomic E-state index is 12.1. The van der Waals surface area contributed by atoms with Gasteiger partial charge in [-0.25, -0.2) is 0 Å². The van der Waals surface area contributed by atoms with Crippen LogP contribution in [0.1, 0.15) is 45.4 Å². The van der Waals surface area contributed by atoms with Crippen LogP contribution in [-0.2, 0) is 14.3 Å². The van der Waals surface area contributed by atoms with E-state index in [1.807, 2.05) is 0 Å². The molecule has 0 saturated heterocycles. The van der Waals surface area contributed by atoms with Crippen LogP contribution in [0.3, 0.4) is 0 Å². The van der Waals surface area contributed by atoms with Crippen LogP contribution in [-0.4, -0.2) is 24.8 Å². The maximum Gasteiger partial charge on any atom is 0.306 e. The van der Waals surface area contributed by atoms with E-state index in [1.54, 1.807) is 25.1 Å². The first-order valence-corrected chi connectivity index (χ1v) is 8.52. The van der Waals surface area contributed by atoms with Gasteiger partial charge in [0.25, 0.3) is 5.91 Å². The summed E-state index contributed by atoms with van der Waals surface area (Å²) in [5.74, 6) is 1.21. The molecule has 0 unspecified atom stereocenters. The van der Waals surface area contributed by atoms with Gasteiger partial charge in [0.05, 0.1) is 0 Å². The Morgan fingerprint density at radius 3 is 2.79 bits per heavy atom. The zero-order valence-corrected chi connectivity index (χ0v) is 13.9. The Morgan fingerprint density at radius 1 is 1.25 bits per heavy atom. The average molecular weight is 333 g/mol. The SMILES string of the molecule is C[C@H](OC(=O)CCC1CCCC1)C(=O)Nc1ccc2c(c1)OCO2. The summed E-state index contributed by atoms with van der Waals surface area (Å²) in [7, 11) is 0. The molecule has 6 heteroatoms. The normalized spacial score (nSPS) is 17.5. The number of nitrogens with one attached hydrogen (secondary N) is 1. The van der Waals surface area contributed by atoms with Crippen LogP contribution >= 0.6 is 0 Å². The summed E-state index contributed by atoms with van der Waals surface area (Å²) < 4.78 is 15.7. The van der Waals surface area contributed by atoms with E-state index in [4.69, 9.17) is 14.2 Å². The van der Waals surface area contributed by atoms with Gasteiger partial charge in [-0.3, -0.25) is 9.59 Å². The molecule has 0 radical (unpaired) electrons. The average Bonchev–Trinajstić information content (AvgIpc) is 3.23. The minimum Gasteiger partial charge on any atom is -0.454 e. The molecule has 0 aromatic heterocycles. The number of hydrogen-bond acceptors (Lipinski definition) is 5. The molecule has 1 aliphatic heterocycles. The zero-order chi connectivity index (χ0) is 16.9. The lowest BCUT2D eigenvalue weighted by Gasteiger charge is -2.14. The molecule has 1 aromatic rings. The number of carbonyl (C=O) groups excluding carboxylic acids is 2. The molecule has 1 N–H and O–H groups in total. The van der Waals surface area contributed by atoms with E-state index in [2.05, 4.69) is 5.32 Å². The van der Waals surface area contributed by atoms with Gasteiger partial charge in [0.1, 0.15) is 0 Å². The van der Waals surface area contributed by atoms with E-state index >= 15 is 0 Å². The van der Waals surface area contributed by atoms with Crippen molar-refractivity contribution in [3.63, 3.8) is 0 Å². The molecule has 3 rings (SSSR count). The van der Waals surface area contributed by atoms with Gasteiger partial charge in [0.2, 0.25) is 6.79 Å². The van der Waals surface area contributed by atoms with Gasteiger partial charge in [-0.1, -0.05) is 25.7 Å². The quantitative estimate of drug-likeness (QED) is 0.809. The van der Waals surface area contributed by atoms with E-state index in [1.165, 1.54) is 25.7 Å². The lowest BCUT2D eigenvalue weighted by atomic mass is 10.0. The van der Waals surface area contributed by atoms with Gasteiger partial charge in [0, 0.05) is 18.2 Å². The Balaban J connectivity index is 1.44. The molecule has 1 saturated carbocycles. The van der Waals surface area contributed by atoms with Crippen LogP contribution < -0.4 is 14.8 Å². The first-order valence-electron chi connectivity index (χ1n) is 8.52. The van der Waals surface area contributed by atoms with E-state index in [9.17, 15) is 9.59 Å². The minimum absolute atomic E-state index is 0.182. The first-order chi connectivity index (χ1) is 11.6. The molecule has 24 heavy (non-hydrogen) atoms. The van der Waals surface area contributed by atoms with Gasteiger partial charge in [-0.2, -0.15) is 0 Å². The van der Waals surface area contributed by atoms with Crippen molar-refractivity contribution in [1.82, 2.24) is 0 Å². The standard InChI is InChI=1S/C18H23NO5/c1-12(24-17(20)9-6-13-4-2-3-5-13)18(21)19-14-7-8-15-16(10-14)23-11-22-15/h7-8,10,12-13H,2-6,9,11H2,1H3,(H,19,21)/t12-/m0/s1. The molecule has 0 bridgehead atoms. The van der Waals surface area contributed by atoms with Gasteiger partial charge < -0.3 is 19.5 Å². The Kier molecular flexibility index (Phi) is 5.23. The van der Waals surface area contributed by atoms with Crippen molar-refractivity contribution < 1.29 is 23.8 Å². The largest absolute Gasteiger partial charge is 0.454 e. The van der Waals surface area contributed by atoms with Crippen molar-refractivity contribution in [2.75, 3.05) is 12.1 Å². The number of esters is 1. The highest BCUT2D eigenvalue weighted by Gasteiger charge is 2.21. The highest BCUT2D eigenvalue weighted by molar-refractivity contribution is 5.95. The van der Waals surface area contributed by atoms with Crippen molar-refractivity contribution >= 4 is 17.6 Å². The lowest BCUT2D eigenvalue weighted by Crippen LogP contribution is -2.30. The number of fused-ring (bicyclic) bond motifs is 1. The molecule has 1 amide bonds. The Hall–Kier alpha value is -2.24. The Morgan fingerprint density at radius 2 is 2.00 bits per heavy atom. The predicted octanol–water partition coefficient (Wildman–Crippen LogP) is 3.26. The number of hydrogen-bond donors (Lipinski definition) is 1. The third-order valence-electron chi connectivity index (χ3n) is 4.55. The summed E-state index contributed by atoms with van der Waals surface area (Å²) >= 11 is 0. The van der Waals surface area contributed by atoms with Crippen LogP contribution in [0.4, 0.5) is 5.69 Å². The molecule has 0 spiro atoms. The predicted molar refractivity (Wildman–Crippen MR) is 87.9 cm³/mol. The molecule has 1 atom stereocenters. The number of amides is 1. The monoisotopic (exact) mass is 333 g/mol. The third kappa shape index (κ3) is 4.19. The molecule has 1 aliphatic carbocycles. The summed E-state index contributed by atoms with van der Waals surface area (Å²) in [6, 6.07) is 5.14. The van der Waals surface area contributed by atoms with Crippen molar-refractivity contribution in [1.29, 1.82) is 0 Å². The van der Waals surface area contributed by atoms with Gasteiger partial charge in [-0.05, 0) is 31.4 Å². The van der Waals surface area contributed by atoms with Crippen molar-refractivity contribution in [2.24, 2.45) is 5.92 Å². The third-order valence-corrected chi connectivity index (χ3v) is 4.55. The fraction of sp³-hybridized carbons (Fsp3) is 0.556. The van der Waals surface area contributed by atoms with E-state index in [0.29, 0.717) is 29.5 Å². The molecule has 1 aromatic carbocycles. The van der Waals surface area contributed by atoms with E-state index < -0.39 is 6.10 Å². The van der Waals surface area contributed by atoms with E-state index in [-0.39, 0.29) is 18.7 Å². The summed E-state index contributed by atoms with van der Waals surface area (Å²) in [6.07, 6.45) is 5.33. The Labute approximate surface area is 141 Å². The second kappa shape index (κ2) is 7.55. The number of rotatable bonds is 6. The van der Waals surface area contributed by atoms with Gasteiger partial charge in [-0.15, -0.1) is 0 Å². The first kappa shape index (κ1) is 16.6. The maximum atomic E-state index is 12.1. The molecule has 130 valence electrons. The highest BCUT2D eigenvalue weighted by atomic mass is 16.7. The van der Waals surface area contributed by atoms with Gasteiger partial charge in [0.15, 0.2) is 17.6 Å². The fourth-order valence-corrected chi connectivity index (χ4v) is 3.15. The van der Waals surface area contributed by atoms with Crippen LogP contribution in [0.5, 0.6) is 11.5 Å². The second-order valence-corrected chi connectivity index (χ2v) is 6.38. The molecular formula is C18H23NO5. The molecule has 6 nitrogen and oxygen atoms in total. The summed E-state index contributed by atoms with van der Waals surface area (Å²) in [5.41, 5.74) is 0.582. The summed E-state index contributed by atoms with van der Waals surface area (Å²) in [6.45, 7) is 1.76. The molecule has 2 aliphatic rings. The van der Waals surface area contributed by atoms with Crippen molar-refractivity contribution in [2.45, 2.75) is 51.6 Å². The molecule has 1 heterocycles. The minimum atomic E-state index is -0.827. The smallest absolute Gasteiger partial charge is 0.306 e. The number of ether oxygens (including phenoxy) is 3. The fourth-order valence-electron chi connectivity index (χ4n) is 3.15. The molecular weight excluding hydrogens is 310 g/mol. The van der Waals surface area contributed by atoms with Gasteiger partial charge >= 0.3 is 5.97 Å². The highest BCUT2D eigenvalue weighted by Crippen LogP contribution is 2.34. The van der Waals surface area contributed by atoms with E-state index in [0.717, 1.165) is 6.42 Å².